The van der Waals surface area contributed by atoms with Gasteiger partial charge in [-0.25, -0.2) is 0 Å². The molecule has 0 spiro atoms. The summed E-state index contributed by atoms with van der Waals surface area (Å²) in [7, 11) is 1.67. The van der Waals surface area contributed by atoms with E-state index in [1.807, 2.05) is 30.3 Å². The predicted octanol–water partition coefficient (Wildman–Crippen LogP) is 3.18. The van der Waals surface area contributed by atoms with Crippen molar-refractivity contribution >= 4 is 0 Å². The molecule has 2 N–H and O–H groups in total. The number of aliphatic hydroxyl groups is 1. The summed E-state index contributed by atoms with van der Waals surface area (Å²) in [4.78, 5) is 0. The third-order valence-electron chi connectivity index (χ3n) is 4.64. The lowest BCUT2D eigenvalue weighted by Crippen LogP contribution is -2.37. The van der Waals surface area contributed by atoms with Crippen molar-refractivity contribution < 1.29 is 9.84 Å². The number of hydrogen-bond acceptors (Lipinski definition) is 3. The molecule has 2 atom stereocenters. The summed E-state index contributed by atoms with van der Waals surface area (Å²) < 4.78 is 5.18. The summed E-state index contributed by atoms with van der Waals surface area (Å²) in [6, 6.07) is 16.4. The molecule has 2 unspecified atom stereocenters. The number of rotatable bonds is 5. The number of ether oxygens (including phenoxy) is 1. The van der Waals surface area contributed by atoms with Gasteiger partial charge in [-0.1, -0.05) is 36.4 Å². The standard InChI is InChI=1S/C19H23NO2/c1-14(15-7-9-17(22-2)10-8-15)20-13-19(21)12-11-16-5-3-4-6-18(16)19/h3-10,14,20-21H,11-13H2,1-2H3. The summed E-state index contributed by atoms with van der Waals surface area (Å²) in [6.45, 7) is 2.68. The van der Waals surface area contributed by atoms with Gasteiger partial charge in [0.25, 0.3) is 0 Å². The number of methoxy groups -OCH3 is 1. The van der Waals surface area contributed by atoms with Gasteiger partial charge in [0, 0.05) is 12.6 Å². The van der Waals surface area contributed by atoms with Crippen LogP contribution in [0.4, 0.5) is 0 Å². The molecule has 3 nitrogen and oxygen atoms in total. The molecule has 2 aromatic rings. The molecule has 0 saturated carbocycles. The van der Waals surface area contributed by atoms with E-state index in [4.69, 9.17) is 4.74 Å². The minimum Gasteiger partial charge on any atom is -0.497 e. The fourth-order valence-corrected chi connectivity index (χ4v) is 3.18. The number of benzene rings is 2. The zero-order valence-electron chi connectivity index (χ0n) is 13.2. The fraction of sp³-hybridized carbons (Fsp3) is 0.368. The first-order valence-electron chi connectivity index (χ1n) is 7.80. The van der Waals surface area contributed by atoms with Crippen molar-refractivity contribution in [2.75, 3.05) is 13.7 Å². The third-order valence-corrected chi connectivity index (χ3v) is 4.64. The molecular weight excluding hydrogens is 274 g/mol. The molecule has 0 fully saturated rings. The Balaban J connectivity index is 1.67. The van der Waals surface area contributed by atoms with Gasteiger partial charge in [-0.05, 0) is 48.6 Å². The second-order valence-corrected chi connectivity index (χ2v) is 6.06. The predicted molar refractivity (Wildman–Crippen MR) is 88.1 cm³/mol. The van der Waals surface area contributed by atoms with Crippen LogP contribution in [0.15, 0.2) is 48.5 Å². The lowest BCUT2D eigenvalue weighted by Gasteiger charge is -2.27. The van der Waals surface area contributed by atoms with Crippen molar-refractivity contribution in [3.8, 4) is 5.75 Å². The van der Waals surface area contributed by atoms with Gasteiger partial charge in [0.2, 0.25) is 0 Å². The summed E-state index contributed by atoms with van der Waals surface area (Å²) in [5, 5.41) is 14.4. The van der Waals surface area contributed by atoms with Crippen LogP contribution in [0.2, 0.25) is 0 Å². The lowest BCUT2D eigenvalue weighted by atomic mass is 9.95. The van der Waals surface area contributed by atoms with Gasteiger partial charge in [-0.3, -0.25) is 0 Å². The first-order chi connectivity index (χ1) is 10.6. The SMILES string of the molecule is COc1ccc(C(C)NCC2(O)CCc3ccccc32)cc1. The lowest BCUT2D eigenvalue weighted by molar-refractivity contribution is 0.0363. The van der Waals surface area contributed by atoms with Crippen LogP contribution in [0.3, 0.4) is 0 Å². The van der Waals surface area contributed by atoms with E-state index in [0.29, 0.717) is 6.54 Å². The van der Waals surface area contributed by atoms with Crippen molar-refractivity contribution in [2.45, 2.75) is 31.4 Å². The summed E-state index contributed by atoms with van der Waals surface area (Å²) in [5.74, 6) is 0.860. The van der Waals surface area contributed by atoms with E-state index in [0.717, 1.165) is 24.2 Å². The number of fused-ring (bicyclic) bond motifs is 1. The molecule has 1 aliphatic rings. The zero-order valence-corrected chi connectivity index (χ0v) is 13.2. The summed E-state index contributed by atoms with van der Waals surface area (Å²) in [6.07, 6.45) is 1.74. The molecule has 116 valence electrons. The highest BCUT2D eigenvalue weighted by Crippen LogP contribution is 2.36. The van der Waals surface area contributed by atoms with Gasteiger partial charge in [0.05, 0.1) is 7.11 Å². The zero-order chi connectivity index (χ0) is 15.6. The molecule has 0 amide bonds. The molecule has 3 rings (SSSR count). The number of nitrogens with one attached hydrogen (secondary N) is 1. The van der Waals surface area contributed by atoms with Gasteiger partial charge in [-0.15, -0.1) is 0 Å². The first kappa shape index (κ1) is 15.1. The second kappa shape index (κ2) is 6.11. The Labute approximate surface area is 131 Å². The molecular formula is C19H23NO2. The Hall–Kier alpha value is -1.84. The first-order valence-corrected chi connectivity index (χ1v) is 7.80. The molecule has 22 heavy (non-hydrogen) atoms. The quantitative estimate of drug-likeness (QED) is 0.890. The highest BCUT2D eigenvalue weighted by Gasteiger charge is 2.36. The second-order valence-electron chi connectivity index (χ2n) is 6.06. The molecule has 1 aliphatic carbocycles. The minimum absolute atomic E-state index is 0.183. The van der Waals surface area contributed by atoms with Crippen LogP contribution in [-0.4, -0.2) is 18.8 Å². The van der Waals surface area contributed by atoms with Crippen LogP contribution in [0, 0.1) is 0 Å². The monoisotopic (exact) mass is 297 g/mol. The Bertz CT molecular complexity index is 638. The Morgan fingerprint density at radius 3 is 2.64 bits per heavy atom. The maximum absolute atomic E-state index is 10.9. The van der Waals surface area contributed by atoms with Crippen LogP contribution in [0.1, 0.15) is 36.1 Å². The van der Waals surface area contributed by atoms with E-state index in [-0.39, 0.29) is 6.04 Å². The van der Waals surface area contributed by atoms with Gasteiger partial charge in [0.1, 0.15) is 11.4 Å². The largest absolute Gasteiger partial charge is 0.497 e. The minimum atomic E-state index is -0.753. The van der Waals surface area contributed by atoms with Crippen LogP contribution in [0.25, 0.3) is 0 Å². The van der Waals surface area contributed by atoms with Crippen molar-refractivity contribution in [1.82, 2.24) is 5.32 Å². The smallest absolute Gasteiger partial charge is 0.118 e. The van der Waals surface area contributed by atoms with Crippen molar-refractivity contribution in [3.63, 3.8) is 0 Å². The van der Waals surface area contributed by atoms with E-state index in [2.05, 4.69) is 30.4 Å². The molecule has 0 aliphatic heterocycles. The Morgan fingerprint density at radius 1 is 1.18 bits per heavy atom. The normalized spacial score (nSPS) is 21.4. The highest BCUT2D eigenvalue weighted by molar-refractivity contribution is 5.37. The van der Waals surface area contributed by atoms with E-state index < -0.39 is 5.60 Å². The molecule has 3 heteroatoms. The molecule has 0 heterocycles. The van der Waals surface area contributed by atoms with E-state index in [1.54, 1.807) is 7.11 Å². The van der Waals surface area contributed by atoms with Crippen molar-refractivity contribution in [2.24, 2.45) is 0 Å². The average Bonchev–Trinajstić information content (AvgIpc) is 2.91. The van der Waals surface area contributed by atoms with Gasteiger partial charge < -0.3 is 15.2 Å². The Kier molecular flexibility index (Phi) is 4.19. The van der Waals surface area contributed by atoms with Gasteiger partial charge in [-0.2, -0.15) is 0 Å². The van der Waals surface area contributed by atoms with Crippen LogP contribution in [0.5, 0.6) is 5.75 Å². The fourth-order valence-electron chi connectivity index (χ4n) is 3.18. The number of aryl methyl sites for hydroxylation is 1. The third kappa shape index (κ3) is 2.87. The maximum Gasteiger partial charge on any atom is 0.118 e. The van der Waals surface area contributed by atoms with Gasteiger partial charge in [0.15, 0.2) is 0 Å². The van der Waals surface area contributed by atoms with E-state index >= 15 is 0 Å². The maximum atomic E-state index is 10.9. The molecule has 0 aromatic heterocycles. The van der Waals surface area contributed by atoms with Crippen molar-refractivity contribution in [1.29, 1.82) is 0 Å². The Morgan fingerprint density at radius 2 is 1.91 bits per heavy atom. The molecule has 0 saturated heterocycles. The van der Waals surface area contributed by atoms with Gasteiger partial charge >= 0.3 is 0 Å². The molecule has 0 radical (unpaired) electrons. The van der Waals surface area contributed by atoms with Crippen molar-refractivity contribution in [3.05, 3.63) is 65.2 Å². The summed E-state index contributed by atoms with van der Waals surface area (Å²) >= 11 is 0. The topological polar surface area (TPSA) is 41.5 Å². The van der Waals surface area contributed by atoms with E-state index in [1.165, 1.54) is 11.1 Å². The van der Waals surface area contributed by atoms with Crippen LogP contribution in [-0.2, 0) is 12.0 Å². The van der Waals surface area contributed by atoms with Crippen LogP contribution >= 0.6 is 0 Å². The molecule has 2 aromatic carbocycles. The summed E-state index contributed by atoms with van der Waals surface area (Å²) in [5.41, 5.74) is 2.78. The van der Waals surface area contributed by atoms with Crippen LogP contribution < -0.4 is 10.1 Å². The highest BCUT2D eigenvalue weighted by atomic mass is 16.5. The average molecular weight is 297 g/mol. The molecule has 0 bridgehead atoms. The number of hydrogen-bond donors (Lipinski definition) is 2. The van der Waals surface area contributed by atoms with E-state index in [9.17, 15) is 5.11 Å².